The number of para-hydroxylation sites is 1. The van der Waals surface area contributed by atoms with E-state index in [0.29, 0.717) is 27.8 Å². The fourth-order valence-corrected chi connectivity index (χ4v) is 2.64. The highest BCUT2D eigenvalue weighted by Crippen LogP contribution is 2.25. The van der Waals surface area contributed by atoms with Crippen LogP contribution in [0.15, 0.2) is 53.5 Å². The number of fused-ring (bicyclic) bond motifs is 1. The van der Waals surface area contributed by atoms with Crippen molar-refractivity contribution in [2.45, 2.75) is 0 Å². The van der Waals surface area contributed by atoms with Crippen molar-refractivity contribution in [2.24, 2.45) is 7.05 Å². The maximum atomic E-state index is 12.7. The van der Waals surface area contributed by atoms with Gasteiger partial charge in [-0.25, -0.2) is 0 Å². The third kappa shape index (κ3) is 2.19. The van der Waals surface area contributed by atoms with Gasteiger partial charge in [-0.3, -0.25) is 9.59 Å². The summed E-state index contributed by atoms with van der Waals surface area (Å²) in [5, 5.41) is 0.658. The van der Waals surface area contributed by atoms with Gasteiger partial charge in [-0.15, -0.1) is 0 Å². The lowest BCUT2D eigenvalue weighted by molar-refractivity contribution is 0.112. The Labute approximate surface area is 127 Å². The summed E-state index contributed by atoms with van der Waals surface area (Å²) in [6.07, 6.45) is 2.52. The van der Waals surface area contributed by atoms with Crippen molar-refractivity contribution in [1.29, 1.82) is 0 Å². The lowest BCUT2D eigenvalue weighted by atomic mass is 10.0. The Morgan fingerprint density at radius 2 is 1.91 bits per heavy atom. The van der Waals surface area contributed by atoms with Gasteiger partial charge in [0.15, 0.2) is 11.7 Å². The van der Waals surface area contributed by atoms with Crippen molar-refractivity contribution < 1.29 is 9.53 Å². The molecule has 110 valence electrons. The summed E-state index contributed by atoms with van der Waals surface area (Å²) in [5.74, 6) is 0.497. The summed E-state index contributed by atoms with van der Waals surface area (Å²) in [6.45, 7) is 0. The first-order valence-corrected chi connectivity index (χ1v) is 6.87. The Bertz CT molecular complexity index is 925. The molecule has 1 aromatic heterocycles. The molecule has 4 heteroatoms. The molecule has 0 atom stereocenters. The third-order valence-corrected chi connectivity index (χ3v) is 3.76. The number of nitrogens with zero attached hydrogens (tertiary/aromatic N) is 1. The van der Waals surface area contributed by atoms with E-state index < -0.39 is 0 Å². The molecule has 0 radical (unpaired) electrons. The van der Waals surface area contributed by atoms with Gasteiger partial charge in [0.1, 0.15) is 5.75 Å². The zero-order valence-electron chi connectivity index (χ0n) is 12.4. The van der Waals surface area contributed by atoms with Crippen molar-refractivity contribution in [2.75, 3.05) is 7.11 Å². The molecule has 0 saturated carbocycles. The predicted molar refractivity (Wildman–Crippen MR) is 86.6 cm³/mol. The minimum atomic E-state index is -0.0456. The van der Waals surface area contributed by atoms with Gasteiger partial charge in [0.05, 0.1) is 18.2 Å². The molecule has 22 heavy (non-hydrogen) atoms. The smallest absolute Gasteiger partial charge is 0.197 e. The van der Waals surface area contributed by atoms with Crippen molar-refractivity contribution in [1.82, 2.24) is 4.57 Å². The molecule has 3 rings (SSSR count). The average molecular weight is 293 g/mol. The van der Waals surface area contributed by atoms with Crippen LogP contribution in [0.5, 0.6) is 5.75 Å². The SMILES string of the molecule is COc1ccc(-c2cn(C)c3ccccc3c2=O)cc1C=O. The molecular formula is C18H15NO3. The van der Waals surface area contributed by atoms with Gasteiger partial charge < -0.3 is 9.30 Å². The Morgan fingerprint density at radius 1 is 1.14 bits per heavy atom. The standard InChI is InChI=1S/C18H15NO3/c1-19-10-15(18(21)14-5-3-4-6-16(14)19)12-7-8-17(22-2)13(9-12)11-20/h3-11H,1-2H3. The number of hydrogen-bond donors (Lipinski definition) is 0. The van der Waals surface area contributed by atoms with Crippen molar-refractivity contribution in [3.8, 4) is 16.9 Å². The maximum absolute atomic E-state index is 12.7. The molecule has 0 aliphatic rings. The van der Waals surface area contributed by atoms with E-state index in [0.717, 1.165) is 11.8 Å². The number of aryl methyl sites for hydroxylation is 1. The zero-order valence-corrected chi connectivity index (χ0v) is 12.4. The van der Waals surface area contributed by atoms with Gasteiger partial charge in [-0.05, 0) is 29.8 Å². The zero-order chi connectivity index (χ0) is 15.7. The number of hydrogen-bond acceptors (Lipinski definition) is 3. The van der Waals surface area contributed by atoms with Crippen LogP contribution < -0.4 is 10.2 Å². The number of aromatic nitrogens is 1. The first-order chi connectivity index (χ1) is 10.7. The number of carbonyl (C=O) groups is 1. The second-order valence-corrected chi connectivity index (χ2v) is 5.07. The van der Waals surface area contributed by atoms with Gasteiger partial charge in [-0.2, -0.15) is 0 Å². The highest BCUT2D eigenvalue weighted by molar-refractivity contribution is 5.86. The molecule has 1 heterocycles. The van der Waals surface area contributed by atoms with E-state index in [2.05, 4.69) is 0 Å². The van der Waals surface area contributed by atoms with Gasteiger partial charge in [-0.1, -0.05) is 18.2 Å². The highest BCUT2D eigenvalue weighted by Gasteiger charge is 2.11. The summed E-state index contributed by atoms with van der Waals surface area (Å²) in [7, 11) is 3.41. The van der Waals surface area contributed by atoms with E-state index in [1.54, 1.807) is 24.4 Å². The van der Waals surface area contributed by atoms with Gasteiger partial charge in [0.2, 0.25) is 0 Å². The normalized spacial score (nSPS) is 10.6. The van der Waals surface area contributed by atoms with E-state index in [4.69, 9.17) is 4.74 Å². The molecule has 0 bridgehead atoms. The molecule has 0 aliphatic carbocycles. The van der Waals surface area contributed by atoms with Crippen LogP contribution in [0.3, 0.4) is 0 Å². The van der Waals surface area contributed by atoms with Gasteiger partial charge in [0, 0.05) is 24.2 Å². The lowest BCUT2D eigenvalue weighted by Crippen LogP contribution is -2.10. The second kappa shape index (κ2) is 5.48. The molecule has 0 N–H and O–H groups in total. The van der Waals surface area contributed by atoms with Gasteiger partial charge in [0.25, 0.3) is 0 Å². The van der Waals surface area contributed by atoms with Crippen molar-refractivity contribution in [3.05, 3.63) is 64.4 Å². The highest BCUT2D eigenvalue weighted by atomic mass is 16.5. The summed E-state index contributed by atoms with van der Waals surface area (Å²) in [4.78, 5) is 23.9. The molecule has 3 aromatic rings. The number of benzene rings is 2. The van der Waals surface area contributed by atoms with E-state index in [9.17, 15) is 9.59 Å². The number of pyridine rings is 1. The Hall–Kier alpha value is -2.88. The summed E-state index contributed by atoms with van der Waals surface area (Å²) in [5.41, 5.74) is 2.52. The minimum Gasteiger partial charge on any atom is -0.496 e. The van der Waals surface area contributed by atoms with Crippen molar-refractivity contribution in [3.63, 3.8) is 0 Å². The van der Waals surface area contributed by atoms with E-state index >= 15 is 0 Å². The Kier molecular flexibility index (Phi) is 3.51. The van der Waals surface area contributed by atoms with E-state index in [-0.39, 0.29) is 5.43 Å². The first kappa shape index (κ1) is 14.1. The van der Waals surface area contributed by atoms with Crippen LogP contribution in [0.2, 0.25) is 0 Å². The number of ether oxygens (including phenoxy) is 1. The predicted octanol–water partition coefficient (Wildman–Crippen LogP) is 3.03. The number of rotatable bonds is 3. The molecule has 4 nitrogen and oxygen atoms in total. The third-order valence-electron chi connectivity index (χ3n) is 3.76. The minimum absolute atomic E-state index is 0.0456. The number of aldehydes is 1. The lowest BCUT2D eigenvalue weighted by Gasteiger charge is -2.10. The Morgan fingerprint density at radius 3 is 2.64 bits per heavy atom. The molecule has 2 aromatic carbocycles. The fourth-order valence-electron chi connectivity index (χ4n) is 2.64. The number of methoxy groups -OCH3 is 1. The molecule has 0 unspecified atom stereocenters. The molecular weight excluding hydrogens is 278 g/mol. The van der Waals surface area contributed by atoms with Gasteiger partial charge >= 0.3 is 0 Å². The van der Waals surface area contributed by atoms with Crippen LogP contribution in [0.1, 0.15) is 10.4 Å². The molecule has 0 spiro atoms. The molecule has 0 amide bonds. The summed E-state index contributed by atoms with van der Waals surface area (Å²) < 4.78 is 7.05. The van der Waals surface area contributed by atoms with Crippen molar-refractivity contribution >= 4 is 17.2 Å². The largest absolute Gasteiger partial charge is 0.496 e. The summed E-state index contributed by atoms with van der Waals surface area (Å²) >= 11 is 0. The van der Waals surface area contributed by atoms with Crippen LogP contribution in [0.25, 0.3) is 22.0 Å². The Balaban J connectivity index is 2.29. The second-order valence-electron chi connectivity index (χ2n) is 5.07. The van der Waals surface area contributed by atoms with Crippen LogP contribution in [-0.4, -0.2) is 18.0 Å². The van der Waals surface area contributed by atoms with Crippen LogP contribution in [0, 0.1) is 0 Å². The first-order valence-electron chi connectivity index (χ1n) is 6.87. The molecule has 0 saturated heterocycles. The monoisotopic (exact) mass is 293 g/mol. The number of carbonyl (C=O) groups excluding carboxylic acids is 1. The molecule has 0 aliphatic heterocycles. The van der Waals surface area contributed by atoms with Crippen LogP contribution >= 0.6 is 0 Å². The van der Waals surface area contributed by atoms with Crippen LogP contribution in [0.4, 0.5) is 0 Å². The maximum Gasteiger partial charge on any atom is 0.197 e. The summed E-state index contributed by atoms with van der Waals surface area (Å²) in [6, 6.07) is 12.6. The fraction of sp³-hybridized carbons (Fsp3) is 0.111. The topological polar surface area (TPSA) is 48.3 Å². The van der Waals surface area contributed by atoms with E-state index in [1.807, 2.05) is 35.9 Å². The quantitative estimate of drug-likeness (QED) is 0.697. The van der Waals surface area contributed by atoms with Crippen LogP contribution in [-0.2, 0) is 7.05 Å². The molecule has 0 fully saturated rings. The van der Waals surface area contributed by atoms with E-state index in [1.165, 1.54) is 7.11 Å². The average Bonchev–Trinajstić information content (AvgIpc) is 2.57.